The Morgan fingerprint density at radius 3 is 2.43 bits per heavy atom. The zero-order valence-corrected chi connectivity index (χ0v) is 11.5. The second-order valence-electron chi connectivity index (χ2n) is 3.94. The molecule has 0 aliphatic heterocycles. The van der Waals surface area contributed by atoms with Crippen LogP contribution in [0, 0.1) is 10.1 Å². The van der Waals surface area contributed by atoms with E-state index < -0.39 is 22.9 Å². The van der Waals surface area contributed by atoms with Gasteiger partial charge in [-0.25, -0.2) is 4.79 Å². The monoisotopic (exact) mass is 300 g/mol. The maximum atomic E-state index is 13.0. The van der Waals surface area contributed by atoms with Gasteiger partial charge in [0.25, 0.3) is 5.69 Å². The Morgan fingerprint density at radius 1 is 1.33 bits per heavy atom. The molecule has 0 bridgehead atoms. The number of amides is 1. The number of hydrogen-bond acceptors (Lipinski definition) is 4. The van der Waals surface area contributed by atoms with E-state index in [2.05, 4.69) is 4.74 Å². The first-order chi connectivity index (χ1) is 9.90. The number of benzene rings is 1. The fourth-order valence-corrected chi connectivity index (χ4v) is 1.60. The molecule has 0 spiro atoms. The first-order valence-electron chi connectivity index (χ1n) is 6.17. The molecule has 114 valence electrons. The van der Waals surface area contributed by atoms with Crippen molar-refractivity contribution in [3.8, 4) is 0 Å². The van der Waals surface area contributed by atoms with E-state index in [4.69, 9.17) is 0 Å². The van der Waals surface area contributed by atoms with Crippen LogP contribution in [-0.2, 0) is 4.74 Å². The number of carbonyl (C=O) groups excluding carboxylic acids is 1. The summed E-state index contributed by atoms with van der Waals surface area (Å²) in [7, 11) is 0. The van der Waals surface area contributed by atoms with Crippen LogP contribution in [0.2, 0.25) is 0 Å². The molecule has 0 fully saturated rings. The number of nitro groups is 1. The number of ether oxygens (including phenoxy) is 1. The van der Waals surface area contributed by atoms with Crippen molar-refractivity contribution in [3.63, 3.8) is 0 Å². The Balaban J connectivity index is 3.10. The summed E-state index contributed by atoms with van der Waals surface area (Å²) in [4.78, 5) is 22.9. The molecule has 0 aliphatic carbocycles. The summed E-state index contributed by atoms with van der Waals surface area (Å²) in [5.74, 6) is -0.976. The molecule has 0 unspecified atom stereocenters. The third-order valence-electron chi connectivity index (χ3n) is 2.70. The van der Waals surface area contributed by atoms with Gasteiger partial charge in [0.1, 0.15) is 0 Å². The largest absolute Gasteiger partial charge is 0.415 e. The zero-order chi connectivity index (χ0) is 16.0. The normalized spacial score (nSPS) is 9.90. The van der Waals surface area contributed by atoms with E-state index in [-0.39, 0.29) is 11.3 Å². The van der Waals surface area contributed by atoms with Gasteiger partial charge in [0.05, 0.1) is 4.92 Å². The lowest BCUT2D eigenvalue weighted by Gasteiger charge is -2.18. The molecule has 6 nitrogen and oxygen atoms in total. The average molecular weight is 300 g/mol. The summed E-state index contributed by atoms with van der Waals surface area (Å²) in [5, 5.41) is 10.7. The van der Waals surface area contributed by atoms with E-state index in [9.17, 15) is 23.7 Å². The summed E-state index contributed by atoms with van der Waals surface area (Å²) in [6, 6.07) is 4.52. The minimum atomic E-state index is -2.23. The molecule has 0 saturated carbocycles. The molecule has 1 amide bonds. The van der Waals surface area contributed by atoms with Crippen LogP contribution in [0.3, 0.4) is 0 Å². The first kappa shape index (κ1) is 16.5. The summed E-state index contributed by atoms with van der Waals surface area (Å²) in [5.41, 5.74) is -0.602. The lowest BCUT2D eigenvalue weighted by atomic mass is 10.2. The number of non-ortho nitro benzene ring substituents is 1. The highest BCUT2D eigenvalue weighted by Crippen LogP contribution is 2.26. The van der Waals surface area contributed by atoms with Gasteiger partial charge in [-0.1, -0.05) is 12.1 Å². The Labute approximate surface area is 119 Å². The minimum Gasteiger partial charge on any atom is -0.404 e. The summed E-state index contributed by atoms with van der Waals surface area (Å²) in [6.07, 6.45) is -3.16. The van der Waals surface area contributed by atoms with E-state index in [1.54, 1.807) is 13.8 Å². The molecular weight excluding hydrogens is 286 g/mol. The lowest BCUT2D eigenvalue weighted by Crippen LogP contribution is -2.30. The summed E-state index contributed by atoms with van der Waals surface area (Å²) >= 11 is 0. The molecule has 0 atom stereocenters. The molecule has 0 heterocycles. The molecule has 8 heteroatoms. The van der Waals surface area contributed by atoms with Crippen molar-refractivity contribution in [2.75, 3.05) is 13.1 Å². The van der Waals surface area contributed by atoms with Crippen molar-refractivity contribution in [3.05, 3.63) is 46.0 Å². The molecule has 1 aromatic carbocycles. The first-order valence-corrected chi connectivity index (χ1v) is 6.17. The number of nitrogens with zero attached hydrogens (tertiary/aromatic N) is 2. The fraction of sp³-hybridized carbons (Fsp3) is 0.308. The molecule has 21 heavy (non-hydrogen) atoms. The highest BCUT2D eigenvalue weighted by Gasteiger charge is 2.20. The Hall–Kier alpha value is -2.51. The molecule has 0 aliphatic rings. The van der Waals surface area contributed by atoms with Crippen LogP contribution in [0.15, 0.2) is 30.3 Å². The Morgan fingerprint density at radius 2 is 1.95 bits per heavy atom. The maximum absolute atomic E-state index is 13.0. The van der Waals surface area contributed by atoms with E-state index >= 15 is 0 Å². The van der Waals surface area contributed by atoms with Crippen molar-refractivity contribution in [2.45, 2.75) is 13.8 Å². The Bertz CT molecular complexity index is 567. The van der Waals surface area contributed by atoms with Gasteiger partial charge < -0.3 is 9.64 Å². The quantitative estimate of drug-likeness (QED) is 0.473. The second-order valence-corrected chi connectivity index (χ2v) is 3.94. The average Bonchev–Trinajstić information content (AvgIpc) is 2.45. The SMILES string of the molecule is CCN(CC)C(=O)OC(=C(F)F)c1cccc([N+](=O)[O-])c1. The smallest absolute Gasteiger partial charge is 0.404 e. The third kappa shape index (κ3) is 4.23. The molecule has 1 aromatic rings. The van der Waals surface area contributed by atoms with Crippen LogP contribution in [0.25, 0.3) is 5.76 Å². The molecule has 0 saturated heterocycles. The molecule has 0 N–H and O–H groups in total. The molecule has 1 rings (SSSR count). The molecule has 0 aromatic heterocycles. The van der Waals surface area contributed by atoms with Crippen molar-refractivity contribution in [1.82, 2.24) is 4.90 Å². The van der Waals surface area contributed by atoms with Gasteiger partial charge >= 0.3 is 12.2 Å². The van der Waals surface area contributed by atoms with Gasteiger partial charge in [-0.2, -0.15) is 8.78 Å². The van der Waals surface area contributed by atoms with Gasteiger partial charge in [-0.05, 0) is 13.8 Å². The summed E-state index contributed by atoms with van der Waals surface area (Å²) < 4.78 is 30.6. The van der Waals surface area contributed by atoms with Crippen LogP contribution in [0.4, 0.5) is 19.3 Å². The van der Waals surface area contributed by atoms with Crippen molar-refractivity contribution < 1.29 is 23.2 Å². The van der Waals surface area contributed by atoms with Crippen LogP contribution < -0.4 is 0 Å². The van der Waals surface area contributed by atoms with Crippen LogP contribution in [0.5, 0.6) is 0 Å². The molecular formula is C13H14F2N2O4. The third-order valence-corrected chi connectivity index (χ3v) is 2.70. The number of carbonyl (C=O) groups is 1. The van der Waals surface area contributed by atoms with Crippen LogP contribution >= 0.6 is 0 Å². The van der Waals surface area contributed by atoms with Crippen LogP contribution in [-0.4, -0.2) is 29.0 Å². The second kappa shape index (κ2) is 7.32. The predicted octanol–water partition coefficient (Wildman–Crippen LogP) is 3.64. The van der Waals surface area contributed by atoms with Crippen molar-refractivity contribution in [2.24, 2.45) is 0 Å². The minimum absolute atomic E-state index is 0.232. The van der Waals surface area contributed by atoms with Gasteiger partial charge in [0.15, 0.2) is 0 Å². The van der Waals surface area contributed by atoms with Gasteiger partial charge in [-0.15, -0.1) is 0 Å². The van der Waals surface area contributed by atoms with E-state index in [0.717, 1.165) is 12.1 Å². The highest BCUT2D eigenvalue weighted by molar-refractivity contribution is 5.77. The number of hydrogen-bond donors (Lipinski definition) is 0. The number of nitro benzene ring substituents is 1. The van der Waals surface area contributed by atoms with E-state index in [1.165, 1.54) is 17.0 Å². The highest BCUT2D eigenvalue weighted by atomic mass is 19.3. The summed E-state index contributed by atoms with van der Waals surface area (Å²) in [6.45, 7) is 3.94. The van der Waals surface area contributed by atoms with Crippen LogP contribution in [0.1, 0.15) is 19.4 Å². The number of halogens is 2. The van der Waals surface area contributed by atoms with E-state index in [1.807, 2.05) is 0 Å². The Kier molecular flexibility index (Phi) is 5.77. The standard InChI is InChI=1S/C13H14F2N2O4/c1-3-16(4-2)13(18)21-11(12(14)15)9-6-5-7-10(8-9)17(19)20/h5-8H,3-4H2,1-2H3. The van der Waals surface area contributed by atoms with Crippen molar-refractivity contribution >= 4 is 17.5 Å². The molecule has 0 radical (unpaired) electrons. The van der Waals surface area contributed by atoms with Gasteiger partial charge in [0, 0.05) is 30.8 Å². The van der Waals surface area contributed by atoms with Gasteiger partial charge in [0.2, 0.25) is 5.76 Å². The fourth-order valence-electron chi connectivity index (χ4n) is 1.60. The van der Waals surface area contributed by atoms with Crippen molar-refractivity contribution in [1.29, 1.82) is 0 Å². The lowest BCUT2D eigenvalue weighted by molar-refractivity contribution is -0.384. The number of rotatable bonds is 5. The van der Waals surface area contributed by atoms with Gasteiger partial charge in [-0.3, -0.25) is 10.1 Å². The predicted molar refractivity (Wildman–Crippen MR) is 71.6 cm³/mol. The van der Waals surface area contributed by atoms with E-state index in [0.29, 0.717) is 13.1 Å². The maximum Gasteiger partial charge on any atom is 0.415 e. The zero-order valence-electron chi connectivity index (χ0n) is 11.5. The topological polar surface area (TPSA) is 72.7 Å².